The van der Waals surface area contributed by atoms with Crippen molar-refractivity contribution in [3.05, 3.63) is 82.3 Å². The third-order valence-electron chi connectivity index (χ3n) is 4.56. The monoisotopic (exact) mass is 553 g/mol. The Bertz CT molecular complexity index is 1240. The molecule has 3 rings (SSSR count). The largest absolute Gasteiger partial charge is 0.494 e. The van der Waals surface area contributed by atoms with E-state index >= 15 is 0 Å². The standard InChI is InChI=1S/C26H24BrN3O6/c1-3-34-21-12-6-18(7-13-21)26(33)36-22-14-5-17(15-23(22)35-4-2)16-28-30-25(32)24(31)29-20-10-8-19(27)9-11-20/h5-16H,3-4H2,1-2H3,(H,29,31)(H,30,32). The molecule has 0 aliphatic rings. The van der Waals surface area contributed by atoms with Gasteiger partial charge in [-0.2, -0.15) is 5.10 Å². The van der Waals surface area contributed by atoms with Crippen LogP contribution in [0.3, 0.4) is 0 Å². The molecule has 2 N–H and O–H groups in total. The lowest BCUT2D eigenvalue weighted by atomic mass is 10.2. The van der Waals surface area contributed by atoms with E-state index in [9.17, 15) is 14.4 Å². The van der Waals surface area contributed by atoms with Crippen LogP contribution in [0.25, 0.3) is 0 Å². The molecule has 186 valence electrons. The fourth-order valence-electron chi connectivity index (χ4n) is 2.91. The van der Waals surface area contributed by atoms with Crippen LogP contribution in [0.5, 0.6) is 17.2 Å². The van der Waals surface area contributed by atoms with Gasteiger partial charge in [0, 0.05) is 10.2 Å². The average Bonchev–Trinajstić information content (AvgIpc) is 2.87. The quantitative estimate of drug-likeness (QED) is 0.132. The van der Waals surface area contributed by atoms with Crippen molar-refractivity contribution in [2.45, 2.75) is 13.8 Å². The molecular weight excluding hydrogens is 530 g/mol. The Balaban J connectivity index is 1.62. The number of amides is 2. The molecular formula is C26H24BrN3O6. The van der Waals surface area contributed by atoms with Crippen LogP contribution in [0.1, 0.15) is 29.8 Å². The van der Waals surface area contributed by atoms with Crippen LogP contribution in [0.15, 0.2) is 76.3 Å². The van der Waals surface area contributed by atoms with Crippen LogP contribution in [0.2, 0.25) is 0 Å². The van der Waals surface area contributed by atoms with Crippen molar-refractivity contribution in [2.24, 2.45) is 5.10 Å². The maximum Gasteiger partial charge on any atom is 0.343 e. The topological polar surface area (TPSA) is 115 Å². The Morgan fingerprint density at radius 3 is 2.22 bits per heavy atom. The maximum absolute atomic E-state index is 12.6. The normalized spacial score (nSPS) is 10.5. The molecule has 0 atom stereocenters. The smallest absolute Gasteiger partial charge is 0.343 e. The Morgan fingerprint density at radius 2 is 1.56 bits per heavy atom. The molecule has 0 fully saturated rings. The first kappa shape index (κ1) is 26.4. The highest BCUT2D eigenvalue weighted by molar-refractivity contribution is 9.10. The number of halogens is 1. The highest BCUT2D eigenvalue weighted by atomic mass is 79.9. The van der Waals surface area contributed by atoms with Crippen LogP contribution in [0, 0.1) is 0 Å². The summed E-state index contributed by atoms with van der Waals surface area (Å²) in [6.07, 6.45) is 1.34. The van der Waals surface area contributed by atoms with Gasteiger partial charge in [0.2, 0.25) is 0 Å². The predicted octanol–water partition coefficient (Wildman–Crippen LogP) is 4.55. The zero-order chi connectivity index (χ0) is 25.9. The van der Waals surface area contributed by atoms with E-state index in [4.69, 9.17) is 14.2 Å². The minimum Gasteiger partial charge on any atom is -0.494 e. The molecule has 0 aromatic heterocycles. The van der Waals surface area contributed by atoms with E-state index in [2.05, 4.69) is 31.8 Å². The molecule has 0 saturated heterocycles. The highest BCUT2D eigenvalue weighted by Gasteiger charge is 2.15. The van der Waals surface area contributed by atoms with Gasteiger partial charge in [-0.15, -0.1) is 0 Å². The van der Waals surface area contributed by atoms with Crippen molar-refractivity contribution >= 4 is 45.6 Å². The van der Waals surface area contributed by atoms with Gasteiger partial charge in [0.1, 0.15) is 5.75 Å². The highest BCUT2D eigenvalue weighted by Crippen LogP contribution is 2.29. The number of nitrogens with one attached hydrogen (secondary N) is 2. The molecule has 9 nitrogen and oxygen atoms in total. The Labute approximate surface area is 216 Å². The molecule has 10 heteroatoms. The lowest BCUT2D eigenvalue weighted by molar-refractivity contribution is -0.136. The minimum atomic E-state index is -0.930. The van der Waals surface area contributed by atoms with E-state index in [1.807, 2.05) is 6.92 Å². The third-order valence-corrected chi connectivity index (χ3v) is 5.09. The number of hydrogen-bond acceptors (Lipinski definition) is 7. The van der Waals surface area contributed by atoms with Crippen LogP contribution >= 0.6 is 15.9 Å². The summed E-state index contributed by atoms with van der Waals surface area (Å²) in [6.45, 7) is 4.53. The number of esters is 1. The summed E-state index contributed by atoms with van der Waals surface area (Å²) < 4.78 is 17.3. The number of hydrogen-bond donors (Lipinski definition) is 2. The molecule has 2 amide bonds. The summed E-state index contributed by atoms with van der Waals surface area (Å²) >= 11 is 3.30. The van der Waals surface area contributed by atoms with Crippen molar-refractivity contribution in [3.63, 3.8) is 0 Å². The average molecular weight is 554 g/mol. The van der Waals surface area contributed by atoms with Gasteiger partial charge in [-0.05, 0) is 86.1 Å². The number of nitrogens with zero attached hydrogens (tertiary/aromatic N) is 1. The van der Waals surface area contributed by atoms with E-state index in [0.717, 1.165) is 4.47 Å². The van der Waals surface area contributed by atoms with Crippen LogP contribution < -0.4 is 25.0 Å². The zero-order valence-corrected chi connectivity index (χ0v) is 21.2. The summed E-state index contributed by atoms with van der Waals surface area (Å²) in [6, 6.07) is 18.2. The number of carbonyl (C=O) groups excluding carboxylic acids is 3. The van der Waals surface area contributed by atoms with Gasteiger partial charge in [-0.25, -0.2) is 10.2 Å². The van der Waals surface area contributed by atoms with E-state index in [-0.39, 0.29) is 5.75 Å². The summed E-state index contributed by atoms with van der Waals surface area (Å²) in [4.78, 5) is 36.6. The van der Waals surface area contributed by atoms with E-state index < -0.39 is 17.8 Å². The Kier molecular flexibility index (Phi) is 9.58. The lowest BCUT2D eigenvalue weighted by Crippen LogP contribution is -2.32. The first-order chi connectivity index (χ1) is 17.4. The minimum absolute atomic E-state index is 0.228. The molecule has 0 saturated carbocycles. The maximum atomic E-state index is 12.6. The summed E-state index contributed by atoms with van der Waals surface area (Å²) in [5.41, 5.74) is 3.55. The van der Waals surface area contributed by atoms with Gasteiger partial charge in [0.15, 0.2) is 11.5 Å². The van der Waals surface area contributed by atoms with E-state index in [1.54, 1.807) is 73.7 Å². The molecule has 0 bridgehead atoms. The Hall–Kier alpha value is -4.18. The Morgan fingerprint density at radius 1 is 0.861 bits per heavy atom. The molecule has 0 radical (unpaired) electrons. The fourth-order valence-corrected chi connectivity index (χ4v) is 3.17. The fraction of sp³-hybridized carbons (Fsp3) is 0.154. The van der Waals surface area contributed by atoms with E-state index in [0.29, 0.717) is 41.5 Å². The number of hydrazone groups is 1. The summed E-state index contributed by atoms with van der Waals surface area (Å²) in [5, 5.41) is 6.28. The van der Waals surface area contributed by atoms with Gasteiger partial charge >= 0.3 is 17.8 Å². The molecule has 0 aliphatic carbocycles. The zero-order valence-electron chi connectivity index (χ0n) is 19.6. The van der Waals surface area contributed by atoms with Crippen LogP contribution in [0.4, 0.5) is 5.69 Å². The number of ether oxygens (including phenoxy) is 3. The molecule has 0 aliphatic heterocycles. The summed E-state index contributed by atoms with van der Waals surface area (Å²) in [7, 11) is 0. The number of anilines is 1. The summed E-state index contributed by atoms with van der Waals surface area (Å²) in [5.74, 6) is -1.14. The van der Waals surface area contributed by atoms with Crippen molar-refractivity contribution in [3.8, 4) is 17.2 Å². The van der Waals surface area contributed by atoms with Gasteiger partial charge in [-0.1, -0.05) is 15.9 Å². The molecule has 0 spiro atoms. The number of rotatable bonds is 9. The second-order valence-electron chi connectivity index (χ2n) is 7.15. The van der Waals surface area contributed by atoms with Crippen LogP contribution in [-0.2, 0) is 9.59 Å². The van der Waals surface area contributed by atoms with Crippen molar-refractivity contribution in [1.29, 1.82) is 0 Å². The molecule has 36 heavy (non-hydrogen) atoms. The molecule has 0 heterocycles. The van der Waals surface area contributed by atoms with Crippen LogP contribution in [-0.4, -0.2) is 37.2 Å². The number of benzene rings is 3. The molecule has 3 aromatic carbocycles. The van der Waals surface area contributed by atoms with Gasteiger partial charge < -0.3 is 19.5 Å². The second-order valence-corrected chi connectivity index (χ2v) is 8.06. The molecule has 3 aromatic rings. The number of carbonyl (C=O) groups is 3. The van der Waals surface area contributed by atoms with Gasteiger partial charge in [0.25, 0.3) is 0 Å². The molecule has 0 unspecified atom stereocenters. The lowest BCUT2D eigenvalue weighted by Gasteiger charge is -2.11. The van der Waals surface area contributed by atoms with Crippen molar-refractivity contribution < 1.29 is 28.6 Å². The first-order valence-corrected chi connectivity index (χ1v) is 11.8. The SMILES string of the molecule is CCOc1ccc(C(=O)Oc2ccc(C=NNC(=O)C(=O)Nc3ccc(Br)cc3)cc2OCC)cc1. The van der Waals surface area contributed by atoms with Gasteiger partial charge in [-0.3, -0.25) is 9.59 Å². The van der Waals surface area contributed by atoms with E-state index in [1.165, 1.54) is 6.21 Å². The second kappa shape index (κ2) is 13.1. The predicted molar refractivity (Wildman–Crippen MR) is 139 cm³/mol. The van der Waals surface area contributed by atoms with Crippen molar-refractivity contribution in [2.75, 3.05) is 18.5 Å². The first-order valence-electron chi connectivity index (χ1n) is 11.0. The van der Waals surface area contributed by atoms with Crippen molar-refractivity contribution in [1.82, 2.24) is 5.43 Å². The van der Waals surface area contributed by atoms with Gasteiger partial charge in [0.05, 0.1) is 25.0 Å². The third kappa shape index (κ3) is 7.67.